The predicted octanol–water partition coefficient (Wildman–Crippen LogP) is 1.91. The Morgan fingerprint density at radius 2 is 1.87 bits per heavy atom. The molecule has 0 aliphatic heterocycles. The summed E-state index contributed by atoms with van der Waals surface area (Å²) in [5.41, 5.74) is -0.607. The van der Waals surface area contributed by atoms with Crippen LogP contribution in [0.3, 0.4) is 0 Å². The first-order chi connectivity index (χ1) is 10.7. The van der Waals surface area contributed by atoms with E-state index in [4.69, 9.17) is 9.47 Å². The third kappa shape index (κ3) is 11.1. The van der Waals surface area contributed by atoms with Crippen molar-refractivity contribution in [2.45, 2.75) is 51.0 Å². The smallest absolute Gasteiger partial charge is 0.191 e. The largest absolute Gasteiger partial charge is 0.388 e. The third-order valence-electron chi connectivity index (χ3n) is 3.85. The molecule has 0 amide bonds. The molecule has 1 saturated carbocycles. The molecule has 3 N–H and O–H groups in total. The minimum atomic E-state index is -0.607. The van der Waals surface area contributed by atoms with E-state index < -0.39 is 5.60 Å². The average Bonchev–Trinajstić information content (AvgIpc) is 2.52. The number of aliphatic hydroxyl groups is 1. The lowest BCUT2D eigenvalue weighted by Crippen LogP contribution is -2.41. The van der Waals surface area contributed by atoms with Crippen molar-refractivity contribution in [3.63, 3.8) is 0 Å². The SMILES string of the molecule is CCNC(=NCC1(O)CCCCC1)NCCCOCCOC.I. The van der Waals surface area contributed by atoms with Crippen molar-refractivity contribution in [3.8, 4) is 0 Å². The maximum absolute atomic E-state index is 10.5. The van der Waals surface area contributed by atoms with Gasteiger partial charge in [0.05, 0.1) is 25.4 Å². The molecule has 0 bridgehead atoms. The molecule has 0 spiro atoms. The van der Waals surface area contributed by atoms with Crippen molar-refractivity contribution < 1.29 is 14.6 Å². The molecule has 23 heavy (non-hydrogen) atoms. The zero-order valence-electron chi connectivity index (χ0n) is 14.6. The molecule has 0 radical (unpaired) electrons. The molecule has 0 aromatic carbocycles. The number of ether oxygens (including phenoxy) is 2. The topological polar surface area (TPSA) is 75.1 Å². The van der Waals surface area contributed by atoms with Crippen LogP contribution in [0.1, 0.15) is 45.4 Å². The van der Waals surface area contributed by atoms with Crippen molar-refractivity contribution in [1.82, 2.24) is 10.6 Å². The average molecular weight is 443 g/mol. The fraction of sp³-hybridized carbons (Fsp3) is 0.938. The van der Waals surface area contributed by atoms with E-state index in [0.29, 0.717) is 26.4 Å². The van der Waals surface area contributed by atoms with Crippen LogP contribution in [-0.4, -0.2) is 63.2 Å². The minimum absolute atomic E-state index is 0. The number of hydrogen-bond donors (Lipinski definition) is 3. The Morgan fingerprint density at radius 1 is 1.13 bits per heavy atom. The summed E-state index contributed by atoms with van der Waals surface area (Å²) in [5, 5.41) is 17.0. The predicted molar refractivity (Wildman–Crippen MR) is 105 cm³/mol. The maximum atomic E-state index is 10.5. The highest BCUT2D eigenvalue weighted by atomic mass is 127. The van der Waals surface area contributed by atoms with Crippen LogP contribution in [0.2, 0.25) is 0 Å². The van der Waals surface area contributed by atoms with Gasteiger partial charge >= 0.3 is 0 Å². The Labute approximate surface area is 157 Å². The van der Waals surface area contributed by atoms with Gasteiger partial charge in [-0.15, -0.1) is 24.0 Å². The second kappa shape index (κ2) is 14.2. The molecule has 6 nitrogen and oxygen atoms in total. The highest BCUT2D eigenvalue weighted by molar-refractivity contribution is 14.0. The molecule has 0 atom stereocenters. The van der Waals surface area contributed by atoms with Crippen LogP contribution < -0.4 is 10.6 Å². The molecule has 0 heterocycles. The van der Waals surface area contributed by atoms with Crippen LogP contribution in [-0.2, 0) is 9.47 Å². The Hall–Kier alpha value is -0.120. The van der Waals surface area contributed by atoms with Gasteiger partial charge in [-0.3, -0.25) is 4.99 Å². The summed E-state index contributed by atoms with van der Waals surface area (Å²) in [6.45, 7) is 6.12. The van der Waals surface area contributed by atoms with Crippen LogP contribution in [0.4, 0.5) is 0 Å². The highest BCUT2D eigenvalue weighted by Gasteiger charge is 2.28. The van der Waals surface area contributed by atoms with E-state index in [2.05, 4.69) is 15.6 Å². The monoisotopic (exact) mass is 443 g/mol. The number of nitrogens with one attached hydrogen (secondary N) is 2. The van der Waals surface area contributed by atoms with E-state index in [1.54, 1.807) is 7.11 Å². The van der Waals surface area contributed by atoms with E-state index >= 15 is 0 Å². The Morgan fingerprint density at radius 3 is 2.52 bits per heavy atom. The molecule has 1 aliphatic carbocycles. The van der Waals surface area contributed by atoms with Gasteiger partial charge in [0.2, 0.25) is 0 Å². The summed E-state index contributed by atoms with van der Waals surface area (Å²) >= 11 is 0. The van der Waals surface area contributed by atoms with Crippen molar-refractivity contribution in [2.24, 2.45) is 4.99 Å². The zero-order valence-corrected chi connectivity index (χ0v) is 16.9. The maximum Gasteiger partial charge on any atom is 0.191 e. The lowest BCUT2D eigenvalue weighted by atomic mass is 9.85. The lowest BCUT2D eigenvalue weighted by Gasteiger charge is -2.30. The van der Waals surface area contributed by atoms with Gasteiger partial charge < -0.3 is 25.2 Å². The van der Waals surface area contributed by atoms with Crippen LogP contribution in [0.25, 0.3) is 0 Å². The van der Waals surface area contributed by atoms with Gasteiger partial charge in [-0.25, -0.2) is 0 Å². The Balaban J connectivity index is 0.00000484. The van der Waals surface area contributed by atoms with Gasteiger partial charge in [0, 0.05) is 26.8 Å². The second-order valence-electron chi connectivity index (χ2n) is 5.87. The van der Waals surface area contributed by atoms with Crippen LogP contribution in [0.5, 0.6) is 0 Å². The van der Waals surface area contributed by atoms with E-state index in [1.165, 1.54) is 6.42 Å². The van der Waals surface area contributed by atoms with Crippen molar-refractivity contribution in [1.29, 1.82) is 0 Å². The van der Waals surface area contributed by atoms with Gasteiger partial charge in [-0.05, 0) is 26.2 Å². The minimum Gasteiger partial charge on any atom is -0.388 e. The molecule has 0 aromatic rings. The van der Waals surface area contributed by atoms with Gasteiger partial charge in [-0.2, -0.15) is 0 Å². The molecular weight excluding hydrogens is 409 g/mol. The number of nitrogens with zero attached hydrogens (tertiary/aromatic N) is 1. The summed E-state index contributed by atoms with van der Waals surface area (Å²) in [6.07, 6.45) is 6.09. The van der Waals surface area contributed by atoms with E-state index in [9.17, 15) is 5.11 Å². The zero-order chi connectivity index (χ0) is 16.1. The number of hydrogen-bond acceptors (Lipinski definition) is 4. The molecular formula is C16H34IN3O3. The van der Waals surface area contributed by atoms with E-state index in [0.717, 1.165) is 51.2 Å². The molecule has 1 fully saturated rings. The van der Waals surface area contributed by atoms with Crippen LogP contribution >= 0.6 is 24.0 Å². The summed E-state index contributed by atoms with van der Waals surface area (Å²) in [7, 11) is 1.67. The molecule has 0 unspecified atom stereocenters. The highest BCUT2D eigenvalue weighted by Crippen LogP contribution is 2.28. The van der Waals surface area contributed by atoms with Gasteiger partial charge in [-0.1, -0.05) is 19.3 Å². The first kappa shape index (κ1) is 22.9. The molecule has 138 valence electrons. The summed E-state index contributed by atoms with van der Waals surface area (Å²) < 4.78 is 10.3. The molecule has 0 saturated heterocycles. The van der Waals surface area contributed by atoms with E-state index in [1.807, 2.05) is 6.92 Å². The Bertz CT molecular complexity index is 311. The molecule has 0 aromatic heterocycles. The third-order valence-corrected chi connectivity index (χ3v) is 3.85. The van der Waals surface area contributed by atoms with Gasteiger partial charge in [0.15, 0.2) is 5.96 Å². The van der Waals surface area contributed by atoms with Crippen LogP contribution in [0, 0.1) is 0 Å². The fourth-order valence-electron chi connectivity index (χ4n) is 2.56. The van der Waals surface area contributed by atoms with Crippen molar-refractivity contribution in [3.05, 3.63) is 0 Å². The van der Waals surface area contributed by atoms with Gasteiger partial charge in [0.1, 0.15) is 0 Å². The van der Waals surface area contributed by atoms with Crippen LogP contribution in [0.15, 0.2) is 4.99 Å². The Kier molecular flexibility index (Phi) is 14.2. The summed E-state index contributed by atoms with van der Waals surface area (Å²) in [4.78, 5) is 4.54. The van der Waals surface area contributed by atoms with Crippen molar-refractivity contribution >= 4 is 29.9 Å². The summed E-state index contributed by atoms with van der Waals surface area (Å²) in [5.74, 6) is 0.776. The molecule has 1 aliphatic rings. The number of methoxy groups -OCH3 is 1. The molecule has 1 rings (SSSR count). The summed E-state index contributed by atoms with van der Waals surface area (Å²) in [6, 6.07) is 0. The van der Waals surface area contributed by atoms with Gasteiger partial charge in [0.25, 0.3) is 0 Å². The standard InChI is InChI=1S/C16H33N3O3.HI/c1-3-17-15(18-10-7-11-22-13-12-21-2)19-14-16(20)8-5-4-6-9-16;/h20H,3-14H2,1-2H3,(H2,17,18,19);1H. The first-order valence-corrected chi connectivity index (χ1v) is 8.51. The first-order valence-electron chi connectivity index (χ1n) is 8.51. The number of rotatable bonds is 10. The number of halogens is 1. The quantitative estimate of drug-likeness (QED) is 0.208. The molecule has 7 heteroatoms. The number of guanidine groups is 1. The van der Waals surface area contributed by atoms with E-state index in [-0.39, 0.29) is 24.0 Å². The van der Waals surface area contributed by atoms with Crippen molar-refractivity contribution in [2.75, 3.05) is 46.6 Å². The normalized spacial score (nSPS) is 17.4. The lowest BCUT2D eigenvalue weighted by molar-refractivity contribution is 0.0131. The second-order valence-corrected chi connectivity index (χ2v) is 5.87. The fourth-order valence-corrected chi connectivity index (χ4v) is 2.56. The number of aliphatic imine (C=N–C) groups is 1.